The van der Waals surface area contributed by atoms with Crippen LogP contribution in [0.2, 0.25) is 0 Å². The normalized spacial score (nSPS) is 21.8. The zero-order chi connectivity index (χ0) is 17.1. The standard InChI is InChI=1S/C20H28N2O3.ClH/c23-18(16-4-5-19-20(14-16)25-13-12-24-19)15-21-10-6-17(7-11-21)22-8-2-1-3-9-22;/h4-5,14,17H,1-3,6-13,15H2;1H. The number of halogens is 1. The van der Waals surface area contributed by atoms with E-state index in [1.54, 1.807) is 0 Å². The Labute approximate surface area is 162 Å². The van der Waals surface area contributed by atoms with Crippen LogP contribution >= 0.6 is 12.4 Å². The van der Waals surface area contributed by atoms with Gasteiger partial charge in [0.25, 0.3) is 0 Å². The number of Topliss-reactive ketones (excluding diaryl/α,β-unsaturated/α-hetero) is 1. The van der Waals surface area contributed by atoms with Gasteiger partial charge in [0.15, 0.2) is 17.3 Å². The van der Waals surface area contributed by atoms with E-state index in [0.29, 0.717) is 25.5 Å². The average Bonchev–Trinajstić information content (AvgIpc) is 2.69. The average molecular weight is 381 g/mol. The van der Waals surface area contributed by atoms with Gasteiger partial charge in [-0.1, -0.05) is 6.42 Å². The first-order chi connectivity index (χ1) is 12.3. The van der Waals surface area contributed by atoms with Gasteiger partial charge in [0.1, 0.15) is 13.2 Å². The lowest BCUT2D eigenvalue weighted by atomic mass is 9.99. The fraction of sp³-hybridized carbons (Fsp3) is 0.650. The zero-order valence-corrected chi connectivity index (χ0v) is 16.1. The van der Waals surface area contributed by atoms with Crippen molar-refractivity contribution in [3.8, 4) is 11.5 Å². The van der Waals surface area contributed by atoms with E-state index in [1.807, 2.05) is 18.2 Å². The number of likely N-dealkylation sites (tertiary alicyclic amines) is 2. The van der Waals surface area contributed by atoms with E-state index in [0.717, 1.165) is 30.4 Å². The molecule has 0 aliphatic carbocycles. The number of nitrogens with zero attached hydrogens (tertiary/aromatic N) is 2. The van der Waals surface area contributed by atoms with Crippen LogP contribution in [0, 0.1) is 0 Å². The maximum absolute atomic E-state index is 12.6. The van der Waals surface area contributed by atoms with Crippen LogP contribution in [0.3, 0.4) is 0 Å². The van der Waals surface area contributed by atoms with E-state index in [1.165, 1.54) is 45.2 Å². The molecule has 0 unspecified atom stereocenters. The first kappa shape index (κ1) is 19.5. The van der Waals surface area contributed by atoms with Crippen LogP contribution in [-0.4, -0.2) is 67.6 Å². The lowest BCUT2D eigenvalue weighted by Gasteiger charge is -2.40. The molecule has 3 aliphatic rings. The van der Waals surface area contributed by atoms with E-state index in [-0.39, 0.29) is 18.2 Å². The van der Waals surface area contributed by atoms with Gasteiger partial charge in [-0.05, 0) is 57.0 Å². The molecular weight excluding hydrogens is 352 g/mol. The summed E-state index contributed by atoms with van der Waals surface area (Å²) < 4.78 is 11.1. The first-order valence-electron chi connectivity index (χ1n) is 9.69. The molecule has 26 heavy (non-hydrogen) atoms. The predicted octanol–water partition coefficient (Wildman–Crippen LogP) is 3.01. The number of carbonyl (C=O) groups is 1. The fourth-order valence-electron chi connectivity index (χ4n) is 4.24. The molecule has 0 saturated carbocycles. The Morgan fingerprint density at radius 3 is 2.38 bits per heavy atom. The van der Waals surface area contributed by atoms with Gasteiger partial charge < -0.3 is 14.4 Å². The number of ether oxygens (including phenoxy) is 2. The van der Waals surface area contributed by atoms with Gasteiger partial charge in [-0.2, -0.15) is 0 Å². The molecule has 1 aromatic carbocycles. The Bertz CT molecular complexity index is 611. The summed E-state index contributed by atoms with van der Waals surface area (Å²) in [6.45, 7) is 6.21. The molecule has 0 spiro atoms. The fourth-order valence-corrected chi connectivity index (χ4v) is 4.24. The Morgan fingerprint density at radius 2 is 1.65 bits per heavy atom. The summed E-state index contributed by atoms with van der Waals surface area (Å²) in [5.74, 6) is 1.61. The van der Waals surface area contributed by atoms with Crippen LogP contribution in [0.4, 0.5) is 0 Å². The third kappa shape index (κ3) is 4.51. The molecule has 0 amide bonds. The molecule has 4 rings (SSSR count). The van der Waals surface area contributed by atoms with Crippen LogP contribution in [0.15, 0.2) is 18.2 Å². The van der Waals surface area contributed by atoms with Crippen LogP contribution in [-0.2, 0) is 0 Å². The number of carbonyl (C=O) groups excluding carboxylic acids is 1. The summed E-state index contributed by atoms with van der Waals surface area (Å²) in [6.07, 6.45) is 6.47. The van der Waals surface area contributed by atoms with Crippen LogP contribution in [0.1, 0.15) is 42.5 Å². The van der Waals surface area contributed by atoms with Crippen LogP contribution in [0.25, 0.3) is 0 Å². The van der Waals surface area contributed by atoms with E-state index < -0.39 is 0 Å². The molecular formula is C20H29ClN2O3. The van der Waals surface area contributed by atoms with Crippen molar-refractivity contribution in [3.63, 3.8) is 0 Å². The topological polar surface area (TPSA) is 42.0 Å². The summed E-state index contributed by atoms with van der Waals surface area (Å²) in [5, 5.41) is 0. The second kappa shape index (κ2) is 9.07. The monoisotopic (exact) mass is 380 g/mol. The van der Waals surface area contributed by atoms with E-state index in [4.69, 9.17) is 9.47 Å². The SMILES string of the molecule is Cl.O=C(CN1CCC(N2CCCCC2)CC1)c1ccc2c(c1)OCCO2. The predicted molar refractivity (Wildman–Crippen MR) is 104 cm³/mol. The van der Waals surface area contributed by atoms with Gasteiger partial charge in [0.2, 0.25) is 0 Å². The summed E-state index contributed by atoms with van der Waals surface area (Å²) >= 11 is 0. The minimum absolute atomic E-state index is 0. The minimum Gasteiger partial charge on any atom is -0.486 e. The number of ketones is 1. The molecule has 3 aliphatic heterocycles. The third-order valence-electron chi connectivity index (χ3n) is 5.70. The summed E-state index contributed by atoms with van der Waals surface area (Å²) in [5.41, 5.74) is 0.724. The third-order valence-corrected chi connectivity index (χ3v) is 5.70. The zero-order valence-electron chi connectivity index (χ0n) is 15.3. The Kier molecular flexibility index (Phi) is 6.79. The van der Waals surface area contributed by atoms with Crippen molar-refractivity contribution >= 4 is 18.2 Å². The van der Waals surface area contributed by atoms with Gasteiger partial charge in [-0.25, -0.2) is 0 Å². The van der Waals surface area contributed by atoms with E-state index >= 15 is 0 Å². The Morgan fingerprint density at radius 1 is 0.962 bits per heavy atom. The number of fused-ring (bicyclic) bond motifs is 1. The number of benzene rings is 1. The smallest absolute Gasteiger partial charge is 0.176 e. The Balaban J connectivity index is 0.00000196. The number of hydrogen-bond donors (Lipinski definition) is 0. The molecule has 0 N–H and O–H groups in total. The molecule has 2 saturated heterocycles. The number of hydrogen-bond acceptors (Lipinski definition) is 5. The van der Waals surface area contributed by atoms with Gasteiger partial charge in [-0.15, -0.1) is 12.4 Å². The quantitative estimate of drug-likeness (QED) is 0.751. The van der Waals surface area contributed by atoms with E-state index in [9.17, 15) is 4.79 Å². The second-order valence-corrected chi connectivity index (χ2v) is 7.39. The molecule has 0 aromatic heterocycles. The highest BCUT2D eigenvalue weighted by Crippen LogP contribution is 2.31. The van der Waals surface area contributed by atoms with Crippen LogP contribution < -0.4 is 9.47 Å². The minimum atomic E-state index is 0. The highest BCUT2D eigenvalue weighted by atomic mass is 35.5. The van der Waals surface area contributed by atoms with Crippen molar-refractivity contribution < 1.29 is 14.3 Å². The molecule has 3 heterocycles. The van der Waals surface area contributed by atoms with Crippen molar-refractivity contribution in [2.45, 2.75) is 38.1 Å². The van der Waals surface area contributed by atoms with Crippen molar-refractivity contribution in [1.82, 2.24) is 9.80 Å². The first-order valence-corrected chi connectivity index (χ1v) is 9.69. The lowest BCUT2D eigenvalue weighted by molar-refractivity contribution is 0.0774. The highest BCUT2D eigenvalue weighted by molar-refractivity contribution is 5.98. The second-order valence-electron chi connectivity index (χ2n) is 7.39. The number of rotatable bonds is 4. The lowest BCUT2D eigenvalue weighted by Crippen LogP contribution is -2.47. The van der Waals surface area contributed by atoms with Gasteiger partial charge >= 0.3 is 0 Å². The molecule has 5 nitrogen and oxygen atoms in total. The molecule has 1 aromatic rings. The van der Waals surface area contributed by atoms with Crippen molar-refractivity contribution in [2.75, 3.05) is 45.9 Å². The molecule has 2 fully saturated rings. The largest absolute Gasteiger partial charge is 0.486 e. The van der Waals surface area contributed by atoms with Crippen molar-refractivity contribution in [1.29, 1.82) is 0 Å². The number of piperidine rings is 2. The molecule has 0 bridgehead atoms. The molecule has 0 radical (unpaired) electrons. The summed E-state index contributed by atoms with van der Waals surface area (Å²) in [4.78, 5) is 17.6. The summed E-state index contributed by atoms with van der Waals surface area (Å²) in [7, 11) is 0. The van der Waals surface area contributed by atoms with Crippen LogP contribution in [0.5, 0.6) is 11.5 Å². The van der Waals surface area contributed by atoms with Crippen molar-refractivity contribution in [3.05, 3.63) is 23.8 Å². The Hall–Kier alpha value is -1.30. The van der Waals surface area contributed by atoms with Gasteiger partial charge in [0.05, 0.1) is 6.54 Å². The maximum Gasteiger partial charge on any atom is 0.176 e. The molecule has 144 valence electrons. The van der Waals surface area contributed by atoms with Gasteiger partial charge in [0, 0.05) is 24.7 Å². The van der Waals surface area contributed by atoms with Crippen molar-refractivity contribution in [2.24, 2.45) is 0 Å². The highest BCUT2D eigenvalue weighted by Gasteiger charge is 2.26. The molecule has 6 heteroatoms. The molecule has 0 atom stereocenters. The van der Waals surface area contributed by atoms with E-state index in [2.05, 4.69) is 9.80 Å². The van der Waals surface area contributed by atoms with Gasteiger partial charge in [-0.3, -0.25) is 9.69 Å². The maximum atomic E-state index is 12.6. The summed E-state index contributed by atoms with van der Waals surface area (Å²) in [6, 6.07) is 6.26.